The average molecular weight is 357 g/mol. The van der Waals surface area contributed by atoms with Gasteiger partial charge < -0.3 is 9.64 Å². The summed E-state index contributed by atoms with van der Waals surface area (Å²) in [5.41, 5.74) is 0.656. The summed E-state index contributed by atoms with van der Waals surface area (Å²) in [5.74, 6) is 0.143. The molecule has 3 rings (SSSR count). The van der Waals surface area contributed by atoms with Gasteiger partial charge in [0.2, 0.25) is 5.91 Å². The Morgan fingerprint density at radius 3 is 3.00 bits per heavy atom. The first-order chi connectivity index (χ1) is 12.7. The number of fused-ring (bicyclic) bond motifs is 1. The molecule has 2 heterocycles. The molecule has 0 bridgehead atoms. The Morgan fingerprint density at radius 1 is 1.38 bits per heavy atom. The number of carbonyl (C=O) groups is 1. The Morgan fingerprint density at radius 2 is 2.23 bits per heavy atom. The first-order valence-corrected chi connectivity index (χ1v) is 9.52. The van der Waals surface area contributed by atoms with Crippen LogP contribution in [-0.2, 0) is 16.1 Å². The SMILES string of the molecule is CCCN(C[C@H]1CCCO1)C(=O)CCCn1cnc2ccccc2c1=O. The second kappa shape index (κ2) is 8.94. The van der Waals surface area contributed by atoms with Gasteiger partial charge in [-0.1, -0.05) is 19.1 Å². The molecule has 2 aromatic rings. The summed E-state index contributed by atoms with van der Waals surface area (Å²) >= 11 is 0. The maximum Gasteiger partial charge on any atom is 0.261 e. The number of hydrogen-bond donors (Lipinski definition) is 0. The molecule has 0 radical (unpaired) electrons. The average Bonchev–Trinajstić information content (AvgIpc) is 3.16. The predicted molar refractivity (Wildman–Crippen MR) is 101 cm³/mol. The minimum atomic E-state index is -0.0483. The second-order valence-electron chi connectivity index (χ2n) is 6.84. The van der Waals surface area contributed by atoms with Crippen molar-refractivity contribution >= 4 is 16.8 Å². The van der Waals surface area contributed by atoms with Gasteiger partial charge in [0.15, 0.2) is 0 Å². The van der Waals surface area contributed by atoms with E-state index < -0.39 is 0 Å². The fourth-order valence-corrected chi connectivity index (χ4v) is 3.45. The van der Waals surface area contributed by atoms with Crippen LogP contribution >= 0.6 is 0 Å². The van der Waals surface area contributed by atoms with Gasteiger partial charge in [-0.05, 0) is 37.8 Å². The van der Waals surface area contributed by atoms with E-state index in [1.807, 2.05) is 23.1 Å². The van der Waals surface area contributed by atoms with Gasteiger partial charge in [-0.3, -0.25) is 14.2 Å². The van der Waals surface area contributed by atoms with Crippen molar-refractivity contribution in [2.75, 3.05) is 19.7 Å². The largest absolute Gasteiger partial charge is 0.376 e. The molecule has 1 atom stereocenters. The predicted octanol–water partition coefficient (Wildman–Crippen LogP) is 2.59. The monoisotopic (exact) mass is 357 g/mol. The van der Waals surface area contributed by atoms with E-state index in [1.54, 1.807) is 17.0 Å². The molecule has 1 aliphatic heterocycles. The highest BCUT2D eigenvalue weighted by Gasteiger charge is 2.21. The smallest absolute Gasteiger partial charge is 0.261 e. The van der Waals surface area contributed by atoms with Gasteiger partial charge in [0, 0.05) is 32.7 Å². The highest BCUT2D eigenvalue weighted by Crippen LogP contribution is 2.14. The molecule has 1 fully saturated rings. The zero-order valence-electron chi connectivity index (χ0n) is 15.4. The van der Waals surface area contributed by atoms with Gasteiger partial charge in [0.05, 0.1) is 23.3 Å². The zero-order valence-corrected chi connectivity index (χ0v) is 15.4. The summed E-state index contributed by atoms with van der Waals surface area (Å²) in [6.45, 7) is 4.83. The quantitative estimate of drug-likeness (QED) is 0.728. The van der Waals surface area contributed by atoms with Crippen LogP contribution in [0.2, 0.25) is 0 Å². The molecule has 0 unspecified atom stereocenters. The standard InChI is InChI=1S/C20H27N3O3/c1-2-11-22(14-16-7-6-13-26-16)19(24)10-5-12-23-15-21-18-9-4-3-8-17(18)20(23)25/h3-4,8-9,15-16H,2,5-7,10-14H2,1H3/t16-/m1/s1. The van der Waals surface area contributed by atoms with E-state index >= 15 is 0 Å². The van der Waals surface area contributed by atoms with Crippen molar-refractivity contribution in [3.05, 3.63) is 40.9 Å². The molecule has 1 aliphatic rings. The molecular weight excluding hydrogens is 330 g/mol. The molecule has 0 saturated carbocycles. The second-order valence-corrected chi connectivity index (χ2v) is 6.84. The van der Waals surface area contributed by atoms with Gasteiger partial charge in [-0.15, -0.1) is 0 Å². The van der Waals surface area contributed by atoms with Crippen molar-refractivity contribution in [1.82, 2.24) is 14.5 Å². The summed E-state index contributed by atoms with van der Waals surface area (Å²) in [6, 6.07) is 7.33. The van der Waals surface area contributed by atoms with Crippen LogP contribution < -0.4 is 5.56 Å². The number of ether oxygens (including phenoxy) is 1. The first-order valence-electron chi connectivity index (χ1n) is 9.52. The Kier molecular flexibility index (Phi) is 6.39. The Balaban J connectivity index is 1.56. The molecule has 6 heteroatoms. The van der Waals surface area contributed by atoms with Crippen molar-refractivity contribution < 1.29 is 9.53 Å². The number of amides is 1. The summed E-state index contributed by atoms with van der Waals surface area (Å²) < 4.78 is 7.26. The number of para-hydroxylation sites is 1. The van der Waals surface area contributed by atoms with Gasteiger partial charge in [0.25, 0.3) is 5.56 Å². The minimum absolute atomic E-state index is 0.0483. The van der Waals surface area contributed by atoms with Crippen molar-refractivity contribution in [2.45, 2.75) is 51.7 Å². The summed E-state index contributed by atoms with van der Waals surface area (Å²) in [6.07, 6.45) is 5.87. The normalized spacial score (nSPS) is 16.9. The van der Waals surface area contributed by atoms with Crippen LogP contribution in [0.4, 0.5) is 0 Å². The molecule has 6 nitrogen and oxygen atoms in total. The third-order valence-corrected chi connectivity index (χ3v) is 4.82. The van der Waals surface area contributed by atoms with E-state index in [1.165, 1.54) is 0 Å². The van der Waals surface area contributed by atoms with Crippen LogP contribution in [0.5, 0.6) is 0 Å². The first kappa shape index (κ1) is 18.6. The van der Waals surface area contributed by atoms with E-state index in [9.17, 15) is 9.59 Å². The van der Waals surface area contributed by atoms with Crippen LogP contribution in [0.25, 0.3) is 10.9 Å². The number of aromatic nitrogens is 2. The number of benzene rings is 1. The van der Waals surface area contributed by atoms with E-state index in [4.69, 9.17) is 4.74 Å². The third kappa shape index (κ3) is 4.49. The van der Waals surface area contributed by atoms with Crippen LogP contribution in [0.1, 0.15) is 39.0 Å². The van der Waals surface area contributed by atoms with Crippen molar-refractivity contribution in [2.24, 2.45) is 0 Å². The fraction of sp³-hybridized carbons (Fsp3) is 0.550. The molecule has 1 saturated heterocycles. The van der Waals surface area contributed by atoms with Crippen molar-refractivity contribution in [3.63, 3.8) is 0 Å². The number of rotatable bonds is 8. The fourth-order valence-electron chi connectivity index (χ4n) is 3.45. The lowest BCUT2D eigenvalue weighted by Gasteiger charge is -2.25. The van der Waals surface area contributed by atoms with Crippen molar-refractivity contribution in [3.8, 4) is 0 Å². The van der Waals surface area contributed by atoms with E-state index in [0.717, 1.165) is 32.4 Å². The molecule has 140 valence electrons. The summed E-state index contributed by atoms with van der Waals surface area (Å²) in [5, 5.41) is 0.618. The molecule has 1 aromatic heterocycles. The lowest BCUT2D eigenvalue weighted by atomic mass is 10.2. The highest BCUT2D eigenvalue weighted by atomic mass is 16.5. The highest BCUT2D eigenvalue weighted by molar-refractivity contribution is 5.77. The lowest BCUT2D eigenvalue weighted by molar-refractivity contribution is -0.133. The Labute approximate surface area is 153 Å². The molecule has 0 spiro atoms. The lowest BCUT2D eigenvalue weighted by Crippen LogP contribution is -2.38. The molecule has 1 amide bonds. The van der Waals surface area contributed by atoms with Crippen molar-refractivity contribution in [1.29, 1.82) is 0 Å². The van der Waals surface area contributed by atoms with Gasteiger partial charge in [-0.2, -0.15) is 0 Å². The van der Waals surface area contributed by atoms with Gasteiger partial charge >= 0.3 is 0 Å². The summed E-state index contributed by atoms with van der Waals surface area (Å²) in [4.78, 5) is 31.3. The molecule has 1 aromatic carbocycles. The van der Waals surface area contributed by atoms with E-state index in [-0.39, 0.29) is 17.6 Å². The van der Waals surface area contributed by atoms with Crippen LogP contribution in [-0.4, -0.2) is 46.2 Å². The molecule has 26 heavy (non-hydrogen) atoms. The van der Waals surface area contributed by atoms with Gasteiger partial charge in [0.1, 0.15) is 0 Å². The molecule has 0 aliphatic carbocycles. The van der Waals surface area contributed by atoms with Crippen LogP contribution in [0.3, 0.4) is 0 Å². The number of aryl methyl sites for hydroxylation is 1. The summed E-state index contributed by atoms with van der Waals surface area (Å²) in [7, 11) is 0. The number of nitrogens with zero attached hydrogens (tertiary/aromatic N) is 3. The van der Waals surface area contributed by atoms with Crippen LogP contribution in [0, 0.1) is 0 Å². The number of hydrogen-bond acceptors (Lipinski definition) is 4. The van der Waals surface area contributed by atoms with E-state index in [2.05, 4.69) is 11.9 Å². The zero-order chi connectivity index (χ0) is 18.4. The topological polar surface area (TPSA) is 64.4 Å². The minimum Gasteiger partial charge on any atom is -0.376 e. The number of carbonyl (C=O) groups excluding carboxylic acids is 1. The third-order valence-electron chi connectivity index (χ3n) is 4.82. The molecule has 0 N–H and O–H groups in total. The maximum absolute atomic E-state index is 12.6. The Hall–Kier alpha value is -2.21. The van der Waals surface area contributed by atoms with Gasteiger partial charge in [-0.25, -0.2) is 4.98 Å². The van der Waals surface area contributed by atoms with Crippen LogP contribution in [0.15, 0.2) is 35.4 Å². The maximum atomic E-state index is 12.6. The molecular formula is C20H27N3O3. The van der Waals surface area contributed by atoms with E-state index in [0.29, 0.717) is 36.8 Å². The Bertz CT molecular complexity index is 796.